The Morgan fingerprint density at radius 3 is 2.75 bits per heavy atom. The van der Waals surface area contributed by atoms with Crippen LogP contribution in [-0.2, 0) is 6.73 Å². The zero-order valence-corrected chi connectivity index (χ0v) is 16.4. The second-order valence-electron chi connectivity index (χ2n) is 6.11. The summed E-state index contributed by atoms with van der Waals surface area (Å²) in [6.45, 7) is 0.269. The third kappa shape index (κ3) is 4.42. The third-order valence-corrected chi connectivity index (χ3v) is 4.53. The summed E-state index contributed by atoms with van der Waals surface area (Å²) >= 11 is 11.4. The van der Waals surface area contributed by atoms with E-state index in [1.165, 1.54) is 0 Å². The minimum atomic E-state index is 0.269. The van der Waals surface area contributed by atoms with Crippen LogP contribution in [0.15, 0.2) is 79.1 Å². The van der Waals surface area contributed by atoms with E-state index in [9.17, 15) is 0 Å². The van der Waals surface area contributed by atoms with Gasteiger partial charge in [0.15, 0.2) is 11.8 Å². The molecule has 3 aromatic carbocycles. The molecule has 0 saturated carbocycles. The van der Waals surface area contributed by atoms with Crippen molar-refractivity contribution in [3.63, 3.8) is 0 Å². The molecule has 0 bridgehead atoms. The molecule has 0 atom stereocenters. The van der Waals surface area contributed by atoms with Crippen LogP contribution in [0.2, 0.25) is 5.02 Å². The highest BCUT2D eigenvalue weighted by atomic mass is 35.5. The lowest BCUT2D eigenvalue weighted by Gasteiger charge is -2.11. The Labute approximate surface area is 172 Å². The molecule has 0 radical (unpaired) electrons. The molecule has 0 aliphatic heterocycles. The van der Waals surface area contributed by atoms with Crippen LogP contribution < -0.4 is 15.4 Å². The van der Waals surface area contributed by atoms with E-state index in [0.717, 1.165) is 22.1 Å². The van der Waals surface area contributed by atoms with Crippen molar-refractivity contribution >= 4 is 51.1 Å². The largest absolute Gasteiger partial charge is 0.471 e. The molecule has 0 unspecified atom stereocenters. The molecular formula is C21H17ClN4OS. The predicted molar refractivity (Wildman–Crippen MR) is 118 cm³/mol. The summed E-state index contributed by atoms with van der Waals surface area (Å²) in [5.41, 5.74) is 1.72. The first-order valence-corrected chi connectivity index (χ1v) is 9.42. The first-order chi connectivity index (χ1) is 13.7. The van der Waals surface area contributed by atoms with Crippen LogP contribution in [-0.4, -0.2) is 14.9 Å². The highest BCUT2D eigenvalue weighted by molar-refractivity contribution is 7.80. The number of fused-ring (bicyclic) bond motifs is 1. The van der Waals surface area contributed by atoms with Gasteiger partial charge in [-0.3, -0.25) is 0 Å². The topological polar surface area (TPSA) is 51.1 Å². The Morgan fingerprint density at radius 1 is 1.04 bits per heavy atom. The smallest absolute Gasteiger partial charge is 0.180 e. The summed E-state index contributed by atoms with van der Waals surface area (Å²) in [4.78, 5) is 0. The second kappa shape index (κ2) is 8.29. The Kier molecular flexibility index (Phi) is 5.41. The first-order valence-electron chi connectivity index (χ1n) is 8.64. The van der Waals surface area contributed by atoms with Crippen molar-refractivity contribution in [2.75, 3.05) is 10.6 Å². The van der Waals surface area contributed by atoms with Crippen LogP contribution in [0.1, 0.15) is 0 Å². The lowest BCUT2D eigenvalue weighted by atomic mass is 10.1. The number of nitrogens with one attached hydrogen (secondary N) is 2. The average Bonchev–Trinajstić information content (AvgIpc) is 3.14. The van der Waals surface area contributed by atoms with Crippen LogP contribution in [0.4, 0.5) is 11.4 Å². The number of thiocarbonyl (C=S) groups is 1. The highest BCUT2D eigenvalue weighted by Gasteiger charge is 2.05. The molecule has 2 N–H and O–H groups in total. The van der Waals surface area contributed by atoms with Gasteiger partial charge in [0, 0.05) is 16.1 Å². The van der Waals surface area contributed by atoms with Gasteiger partial charge >= 0.3 is 0 Å². The molecule has 0 saturated heterocycles. The van der Waals surface area contributed by atoms with Crippen molar-refractivity contribution in [1.82, 2.24) is 9.78 Å². The number of anilines is 2. The normalized spacial score (nSPS) is 10.6. The summed E-state index contributed by atoms with van der Waals surface area (Å²) in [7, 11) is 0. The fourth-order valence-corrected chi connectivity index (χ4v) is 3.22. The number of hydrogen-bond donors (Lipinski definition) is 2. The van der Waals surface area contributed by atoms with Gasteiger partial charge in [0.1, 0.15) is 5.75 Å². The lowest BCUT2D eigenvalue weighted by Crippen LogP contribution is -2.19. The number of hydrogen-bond acceptors (Lipinski definition) is 3. The van der Waals surface area contributed by atoms with E-state index in [-0.39, 0.29) is 6.73 Å². The van der Waals surface area contributed by atoms with Gasteiger partial charge in [-0.25, -0.2) is 4.68 Å². The molecule has 0 amide bonds. The van der Waals surface area contributed by atoms with E-state index in [2.05, 4.69) is 33.9 Å². The van der Waals surface area contributed by atoms with Crippen LogP contribution in [0.5, 0.6) is 5.75 Å². The van der Waals surface area contributed by atoms with Gasteiger partial charge in [-0.2, -0.15) is 5.10 Å². The molecule has 28 heavy (non-hydrogen) atoms. The standard InChI is InChI=1S/C21H17ClN4OS/c22-16-7-4-8-18(11-16)27-14-26-13-17(12-23-26)24-21(28)25-20-10-3-6-15-5-1-2-9-19(15)20/h1-13H,14H2,(H2,24,25,28). The molecule has 4 aromatic rings. The first kappa shape index (κ1) is 18.3. The van der Waals surface area contributed by atoms with E-state index in [1.807, 2.05) is 42.6 Å². The highest BCUT2D eigenvalue weighted by Crippen LogP contribution is 2.23. The van der Waals surface area contributed by atoms with Gasteiger partial charge < -0.3 is 15.4 Å². The SMILES string of the molecule is S=C(Nc1cnn(COc2cccc(Cl)c2)c1)Nc1cccc2ccccc12. The van der Waals surface area contributed by atoms with Crippen LogP contribution in [0.25, 0.3) is 10.8 Å². The van der Waals surface area contributed by atoms with Gasteiger partial charge in [0.25, 0.3) is 0 Å². The number of halogens is 1. The second-order valence-corrected chi connectivity index (χ2v) is 6.95. The van der Waals surface area contributed by atoms with Crippen molar-refractivity contribution in [2.24, 2.45) is 0 Å². The Hall–Kier alpha value is -3.09. The molecule has 140 valence electrons. The van der Waals surface area contributed by atoms with Gasteiger partial charge in [0.2, 0.25) is 0 Å². The van der Waals surface area contributed by atoms with E-state index in [1.54, 1.807) is 23.0 Å². The number of benzene rings is 3. The monoisotopic (exact) mass is 408 g/mol. The number of nitrogens with zero attached hydrogens (tertiary/aromatic N) is 2. The van der Waals surface area contributed by atoms with E-state index in [4.69, 9.17) is 28.6 Å². The maximum absolute atomic E-state index is 5.96. The summed E-state index contributed by atoms with van der Waals surface area (Å²) in [6, 6.07) is 21.5. The summed E-state index contributed by atoms with van der Waals surface area (Å²) in [5.74, 6) is 0.686. The Balaban J connectivity index is 1.37. The maximum atomic E-state index is 5.96. The molecule has 1 heterocycles. The van der Waals surface area contributed by atoms with Crippen molar-refractivity contribution < 1.29 is 4.74 Å². The Bertz CT molecular complexity index is 1120. The van der Waals surface area contributed by atoms with Crippen molar-refractivity contribution in [3.8, 4) is 5.75 Å². The van der Waals surface area contributed by atoms with Gasteiger partial charge in [-0.1, -0.05) is 54.1 Å². The molecule has 4 rings (SSSR count). The van der Waals surface area contributed by atoms with E-state index < -0.39 is 0 Å². The zero-order chi connectivity index (χ0) is 19.3. The zero-order valence-electron chi connectivity index (χ0n) is 14.8. The van der Waals surface area contributed by atoms with Crippen molar-refractivity contribution in [3.05, 3.63) is 84.1 Å². The van der Waals surface area contributed by atoms with Crippen molar-refractivity contribution in [2.45, 2.75) is 6.73 Å². The fraction of sp³-hybridized carbons (Fsp3) is 0.0476. The Morgan fingerprint density at radius 2 is 1.86 bits per heavy atom. The molecule has 0 aliphatic rings. The van der Waals surface area contributed by atoms with Gasteiger partial charge in [-0.05, 0) is 41.9 Å². The number of rotatable bonds is 5. The van der Waals surface area contributed by atoms with E-state index >= 15 is 0 Å². The van der Waals surface area contributed by atoms with Gasteiger partial charge in [0.05, 0.1) is 18.1 Å². The summed E-state index contributed by atoms with van der Waals surface area (Å²) < 4.78 is 7.35. The summed E-state index contributed by atoms with van der Waals surface area (Å²) in [6.07, 6.45) is 3.51. The van der Waals surface area contributed by atoms with E-state index in [0.29, 0.717) is 15.9 Å². The number of ether oxygens (including phenoxy) is 1. The predicted octanol–water partition coefficient (Wildman–Crippen LogP) is 5.54. The lowest BCUT2D eigenvalue weighted by molar-refractivity contribution is 0.221. The minimum Gasteiger partial charge on any atom is -0.471 e. The molecule has 5 nitrogen and oxygen atoms in total. The fourth-order valence-electron chi connectivity index (χ4n) is 2.82. The van der Waals surface area contributed by atoms with Crippen LogP contribution >= 0.6 is 23.8 Å². The third-order valence-electron chi connectivity index (χ3n) is 4.09. The molecular weight excluding hydrogens is 392 g/mol. The van der Waals surface area contributed by atoms with Crippen molar-refractivity contribution in [1.29, 1.82) is 0 Å². The minimum absolute atomic E-state index is 0.269. The molecule has 0 fully saturated rings. The molecule has 0 aliphatic carbocycles. The maximum Gasteiger partial charge on any atom is 0.180 e. The van der Waals surface area contributed by atoms with Gasteiger partial charge in [-0.15, -0.1) is 0 Å². The molecule has 0 spiro atoms. The number of aromatic nitrogens is 2. The molecule has 1 aromatic heterocycles. The summed E-state index contributed by atoms with van der Waals surface area (Å²) in [5, 5.41) is 14.0. The quantitative estimate of drug-likeness (QED) is 0.425. The molecule has 7 heteroatoms. The van der Waals surface area contributed by atoms with Crippen LogP contribution in [0.3, 0.4) is 0 Å². The van der Waals surface area contributed by atoms with Crippen LogP contribution in [0, 0.1) is 0 Å². The average molecular weight is 409 g/mol.